The Bertz CT molecular complexity index is 1030. The Balaban J connectivity index is 1.52. The Morgan fingerprint density at radius 3 is 2.64 bits per heavy atom. The molecule has 2 N–H and O–H groups in total. The molecule has 1 aliphatic heterocycles. The fourth-order valence-corrected chi connectivity index (χ4v) is 3.62. The Kier molecular flexibility index (Phi) is 4.72. The van der Waals surface area contributed by atoms with Crippen LogP contribution in [0.2, 0.25) is 0 Å². The van der Waals surface area contributed by atoms with Crippen LogP contribution < -0.4 is 15.5 Å². The molecule has 28 heavy (non-hydrogen) atoms. The predicted molar refractivity (Wildman–Crippen MR) is 109 cm³/mol. The molecule has 0 bridgehead atoms. The topological polar surface area (TPSA) is 87.5 Å². The van der Waals surface area contributed by atoms with Crippen molar-refractivity contribution < 1.29 is 4.79 Å². The van der Waals surface area contributed by atoms with Crippen molar-refractivity contribution in [2.45, 2.75) is 33.2 Å². The van der Waals surface area contributed by atoms with Gasteiger partial charge in [-0.1, -0.05) is 0 Å². The van der Waals surface area contributed by atoms with E-state index in [1.807, 2.05) is 44.6 Å². The molecule has 8 nitrogen and oxygen atoms in total. The van der Waals surface area contributed by atoms with Gasteiger partial charge in [0.1, 0.15) is 17.2 Å². The maximum Gasteiger partial charge on any atom is 0.275 e. The third-order valence-electron chi connectivity index (χ3n) is 5.46. The summed E-state index contributed by atoms with van der Waals surface area (Å²) >= 11 is 0. The first-order chi connectivity index (χ1) is 13.5. The van der Waals surface area contributed by atoms with Crippen molar-refractivity contribution in [3.63, 3.8) is 0 Å². The van der Waals surface area contributed by atoms with Gasteiger partial charge in [-0.3, -0.25) is 4.79 Å². The molecule has 1 atom stereocenters. The fourth-order valence-electron chi connectivity index (χ4n) is 3.62. The van der Waals surface area contributed by atoms with Crippen LogP contribution in [0.25, 0.3) is 5.65 Å². The molecule has 1 fully saturated rings. The van der Waals surface area contributed by atoms with E-state index in [0.717, 1.165) is 53.5 Å². The number of hydrogen-bond donors (Lipinski definition) is 2. The zero-order valence-corrected chi connectivity index (χ0v) is 16.7. The van der Waals surface area contributed by atoms with Gasteiger partial charge in [-0.05, 0) is 45.4 Å². The van der Waals surface area contributed by atoms with Crippen LogP contribution in [0.3, 0.4) is 0 Å². The zero-order chi connectivity index (χ0) is 19.8. The normalized spacial score (nSPS) is 16.7. The lowest BCUT2D eigenvalue weighted by atomic mass is 10.1. The molecule has 4 rings (SSSR count). The van der Waals surface area contributed by atoms with Gasteiger partial charge in [-0.25, -0.2) is 15.0 Å². The number of carbonyl (C=O) groups excluding carboxylic acids is 1. The average molecular weight is 379 g/mol. The van der Waals surface area contributed by atoms with E-state index in [9.17, 15) is 4.79 Å². The van der Waals surface area contributed by atoms with Crippen LogP contribution in [0.15, 0.2) is 24.8 Å². The van der Waals surface area contributed by atoms with Crippen molar-refractivity contribution in [3.05, 3.63) is 47.3 Å². The van der Waals surface area contributed by atoms with Crippen molar-refractivity contribution in [1.29, 1.82) is 0 Å². The van der Waals surface area contributed by atoms with Crippen LogP contribution in [0.4, 0.5) is 11.5 Å². The molecule has 1 saturated heterocycles. The molecule has 4 heterocycles. The summed E-state index contributed by atoms with van der Waals surface area (Å²) in [6.07, 6.45) is 8.13. The number of pyridine rings is 1. The number of rotatable bonds is 4. The summed E-state index contributed by atoms with van der Waals surface area (Å²) in [5.74, 6) is 0.531. The number of likely N-dealkylation sites (N-methyl/N-ethyl adjacent to an activating group) is 1. The highest BCUT2D eigenvalue weighted by molar-refractivity contribution is 6.03. The summed E-state index contributed by atoms with van der Waals surface area (Å²) < 4.78 is 1.94. The Hall–Kier alpha value is -3.00. The maximum atomic E-state index is 12.7. The number of hydrogen-bond acceptors (Lipinski definition) is 6. The molecule has 0 radical (unpaired) electrons. The number of nitrogens with one attached hydrogen (secondary N) is 2. The molecule has 1 aliphatic rings. The van der Waals surface area contributed by atoms with Gasteiger partial charge in [0, 0.05) is 31.5 Å². The van der Waals surface area contributed by atoms with Crippen molar-refractivity contribution in [3.8, 4) is 0 Å². The molecule has 0 spiro atoms. The monoisotopic (exact) mass is 379 g/mol. The van der Waals surface area contributed by atoms with Crippen LogP contribution in [0.1, 0.15) is 33.7 Å². The van der Waals surface area contributed by atoms with E-state index in [1.54, 1.807) is 12.4 Å². The Morgan fingerprint density at radius 2 is 1.96 bits per heavy atom. The van der Waals surface area contributed by atoms with E-state index < -0.39 is 0 Å². The highest BCUT2D eigenvalue weighted by Crippen LogP contribution is 2.23. The standard InChI is InChI=1S/C20H25N7O/c1-12-9-27-11-17(13(2)14(3)19(27)24-12)25-20(28)16-7-23-18(8-22-16)26-6-5-15(10-26)21-4/h7-9,11,15,21H,5-6,10H2,1-4H3,(H,25,28)/t15-/m1/s1. The van der Waals surface area contributed by atoms with E-state index in [0.29, 0.717) is 11.7 Å². The molecule has 8 heteroatoms. The summed E-state index contributed by atoms with van der Waals surface area (Å²) in [6, 6.07) is 0.470. The first-order valence-electron chi connectivity index (χ1n) is 9.47. The second kappa shape index (κ2) is 7.20. The number of carbonyl (C=O) groups is 1. The summed E-state index contributed by atoms with van der Waals surface area (Å²) in [7, 11) is 1.97. The minimum atomic E-state index is -0.271. The molecule has 146 valence electrons. The van der Waals surface area contributed by atoms with Gasteiger partial charge >= 0.3 is 0 Å². The molecule has 0 unspecified atom stereocenters. The predicted octanol–water partition coefficient (Wildman–Crippen LogP) is 2.10. The highest BCUT2D eigenvalue weighted by atomic mass is 16.1. The quantitative estimate of drug-likeness (QED) is 0.722. The molecule has 0 aromatic carbocycles. The number of imidazole rings is 1. The number of amides is 1. The lowest BCUT2D eigenvalue weighted by molar-refractivity contribution is 0.102. The minimum absolute atomic E-state index is 0.271. The molecule has 1 amide bonds. The van der Waals surface area contributed by atoms with Gasteiger partial charge in [0.15, 0.2) is 0 Å². The molecular weight excluding hydrogens is 354 g/mol. The van der Waals surface area contributed by atoms with Crippen molar-refractivity contribution in [1.82, 2.24) is 24.7 Å². The number of fused-ring (bicyclic) bond motifs is 1. The average Bonchev–Trinajstić information content (AvgIpc) is 3.32. The lowest BCUT2D eigenvalue weighted by Gasteiger charge is -2.17. The van der Waals surface area contributed by atoms with Crippen LogP contribution in [-0.4, -0.2) is 51.4 Å². The van der Waals surface area contributed by atoms with E-state index in [2.05, 4.69) is 30.5 Å². The van der Waals surface area contributed by atoms with Crippen LogP contribution in [0, 0.1) is 20.8 Å². The maximum absolute atomic E-state index is 12.7. The van der Waals surface area contributed by atoms with E-state index in [-0.39, 0.29) is 5.91 Å². The smallest absolute Gasteiger partial charge is 0.275 e. The van der Waals surface area contributed by atoms with Gasteiger partial charge in [-0.15, -0.1) is 0 Å². The molecule has 0 saturated carbocycles. The second-order valence-corrected chi connectivity index (χ2v) is 7.34. The van der Waals surface area contributed by atoms with Gasteiger partial charge in [0.25, 0.3) is 5.91 Å². The van der Waals surface area contributed by atoms with Crippen LogP contribution in [0.5, 0.6) is 0 Å². The van der Waals surface area contributed by atoms with Crippen molar-refractivity contribution >= 4 is 23.1 Å². The van der Waals surface area contributed by atoms with Gasteiger partial charge < -0.3 is 19.9 Å². The SMILES string of the molecule is CN[C@@H]1CCN(c2cnc(C(=O)Nc3cn4cc(C)nc4c(C)c3C)cn2)C1. The number of aromatic nitrogens is 4. The second-order valence-electron chi connectivity index (χ2n) is 7.34. The first-order valence-corrected chi connectivity index (χ1v) is 9.47. The Morgan fingerprint density at radius 1 is 1.14 bits per heavy atom. The lowest BCUT2D eigenvalue weighted by Crippen LogP contribution is -2.30. The third-order valence-corrected chi connectivity index (χ3v) is 5.46. The van der Waals surface area contributed by atoms with Crippen LogP contribution >= 0.6 is 0 Å². The summed E-state index contributed by atoms with van der Waals surface area (Å²) in [4.78, 5) is 28.2. The number of aryl methyl sites for hydroxylation is 2. The van der Waals surface area contributed by atoms with Gasteiger partial charge in [-0.2, -0.15) is 0 Å². The van der Waals surface area contributed by atoms with E-state index in [1.165, 1.54) is 0 Å². The van der Waals surface area contributed by atoms with Gasteiger partial charge in [0.05, 0.1) is 23.8 Å². The molecular formula is C20H25N7O. The molecule has 3 aromatic rings. The number of anilines is 2. The molecule has 3 aromatic heterocycles. The van der Waals surface area contributed by atoms with E-state index >= 15 is 0 Å². The fraction of sp³-hybridized carbons (Fsp3) is 0.400. The number of nitrogens with zero attached hydrogens (tertiary/aromatic N) is 5. The van der Waals surface area contributed by atoms with E-state index in [4.69, 9.17) is 0 Å². The van der Waals surface area contributed by atoms with Crippen molar-refractivity contribution in [2.24, 2.45) is 0 Å². The minimum Gasteiger partial charge on any atom is -0.354 e. The van der Waals surface area contributed by atoms with Gasteiger partial charge in [0.2, 0.25) is 0 Å². The zero-order valence-electron chi connectivity index (χ0n) is 16.7. The third kappa shape index (κ3) is 3.31. The highest BCUT2D eigenvalue weighted by Gasteiger charge is 2.22. The summed E-state index contributed by atoms with van der Waals surface area (Å²) in [5.41, 5.74) is 4.92. The molecule has 0 aliphatic carbocycles. The first kappa shape index (κ1) is 18.4. The van der Waals surface area contributed by atoms with Crippen LogP contribution in [-0.2, 0) is 0 Å². The summed E-state index contributed by atoms with van der Waals surface area (Å²) in [6.45, 7) is 7.79. The Labute approximate surface area is 164 Å². The summed E-state index contributed by atoms with van der Waals surface area (Å²) in [5, 5.41) is 6.24. The van der Waals surface area contributed by atoms with Crippen molar-refractivity contribution in [2.75, 3.05) is 30.4 Å². The largest absolute Gasteiger partial charge is 0.354 e.